The lowest BCUT2D eigenvalue weighted by molar-refractivity contribution is -0.123. The summed E-state index contributed by atoms with van der Waals surface area (Å²) < 4.78 is 5.31. The Morgan fingerprint density at radius 2 is 2.00 bits per heavy atom. The quantitative estimate of drug-likeness (QED) is 0.843. The lowest BCUT2D eigenvalue weighted by atomic mass is 9.93. The molecule has 1 amide bonds. The number of para-hydroxylation sites is 1. The summed E-state index contributed by atoms with van der Waals surface area (Å²) in [6.07, 6.45) is 0.895. The number of nitrogens with one attached hydrogen (secondary N) is 1. The number of hydrogen-bond acceptors (Lipinski definition) is 4. The molecule has 1 unspecified atom stereocenters. The van der Waals surface area contributed by atoms with E-state index in [2.05, 4.69) is 11.4 Å². The van der Waals surface area contributed by atoms with E-state index in [4.69, 9.17) is 4.74 Å². The van der Waals surface area contributed by atoms with Gasteiger partial charge in [-0.05, 0) is 23.6 Å². The van der Waals surface area contributed by atoms with Crippen LogP contribution in [0.4, 0.5) is 0 Å². The van der Waals surface area contributed by atoms with Crippen molar-refractivity contribution < 1.29 is 14.6 Å². The van der Waals surface area contributed by atoms with Crippen molar-refractivity contribution in [3.63, 3.8) is 0 Å². The summed E-state index contributed by atoms with van der Waals surface area (Å²) in [6, 6.07) is 15.6. The summed E-state index contributed by atoms with van der Waals surface area (Å²) in [5, 5.41) is 12.8. The van der Waals surface area contributed by atoms with Crippen molar-refractivity contribution in [3.05, 3.63) is 65.2 Å². The molecule has 2 aromatic rings. The highest BCUT2D eigenvalue weighted by Gasteiger charge is 2.27. The smallest absolute Gasteiger partial charge is 0.234 e. The van der Waals surface area contributed by atoms with Gasteiger partial charge in [0.25, 0.3) is 0 Å². The summed E-state index contributed by atoms with van der Waals surface area (Å²) in [5.41, 5.74) is 3.32. The van der Waals surface area contributed by atoms with Gasteiger partial charge in [-0.2, -0.15) is 0 Å². The molecular weight excluding hydrogens is 316 g/mol. The molecule has 25 heavy (non-hydrogen) atoms. The van der Waals surface area contributed by atoms with Gasteiger partial charge in [0.1, 0.15) is 5.75 Å². The minimum atomic E-state index is -0.123. The maximum absolute atomic E-state index is 12.4. The number of carbonyl (C=O) groups is 1. The fourth-order valence-corrected chi connectivity index (χ4v) is 3.39. The Labute approximate surface area is 148 Å². The van der Waals surface area contributed by atoms with Gasteiger partial charge in [0, 0.05) is 18.7 Å². The van der Waals surface area contributed by atoms with E-state index in [1.807, 2.05) is 47.4 Å². The maximum atomic E-state index is 12.4. The minimum Gasteiger partial charge on any atom is -0.496 e. The Hall–Kier alpha value is -2.37. The van der Waals surface area contributed by atoms with Gasteiger partial charge >= 0.3 is 0 Å². The second kappa shape index (κ2) is 8.14. The lowest BCUT2D eigenvalue weighted by Gasteiger charge is -2.35. The van der Waals surface area contributed by atoms with Crippen molar-refractivity contribution >= 4 is 5.91 Å². The predicted octanol–water partition coefficient (Wildman–Crippen LogP) is 1.90. The Morgan fingerprint density at radius 1 is 1.24 bits per heavy atom. The van der Waals surface area contributed by atoms with E-state index < -0.39 is 0 Å². The second-order valence-corrected chi connectivity index (χ2v) is 6.21. The normalized spacial score (nSPS) is 17.0. The number of aliphatic hydroxyl groups excluding tert-OH is 1. The maximum Gasteiger partial charge on any atom is 0.234 e. The number of methoxy groups -OCH3 is 1. The van der Waals surface area contributed by atoms with Crippen LogP contribution >= 0.6 is 0 Å². The van der Waals surface area contributed by atoms with E-state index in [-0.39, 0.29) is 25.1 Å². The molecule has 0 saturated carbocycles. The molecule has 1 aliphatic rings. The number of aliphatic hydroxyl groups is 1. The predicted molar refractivity (Wildman–Crippen MR) is 96.4 cm³/mol. The molecule has 0 bridgehead atoms. The SMILES string of the molecule is COc1ccccc1CNC(=O)CN1CCc2ccccc2C1CO. The van der Waals surface area contributed by atoms with Crippen molar-refractivity contribution in [2.45, 2.75) is 19.0 Å². The van der Waals surface area contributed by atoms with Gasteiger partial charge in [-0.3, -0.25) is 9.69 Å². The van der Waals surface area contributed by atoms with Gasteiger partial charge in [-0.1, -0.05) is 42.5 Å². The number of fused-ring (bicyclic) bond motifs is 1. The largest absolute Gasteiger partial charge is 0.496 e. The molecule has 0 aliphatic carbocycles. The topological polar surface area (TPSA) is 61.8 Å². The van der Waals surface area contributed by atoms with Gasteiger partial charge < -0.3 is 15.2 Å². The highest BCUT2D eigenvalue weighted by Crippen LogP contribution is 2.28. The standard InChI is InChI=1S/C20H24N2O3/c1-25-19-9-5-3-7-16(19)12-21-20(24)13-22-11-10-15-6-2-4-8-17(15)18(22)14-23/h2-9,18,23H,10-14H2,1H3,(H,21,24). The van der Waals surface area contributed by atoms with Crippen molar-refractivity contribution in [2.75, 3.05) is 26.8 Å². The summed E-state index contributed by atoms with van der Waals surface area (Å²) in [6.45, 7) is 1.48. The zero-order valence-electron chi connectivity index (χ0n) is 14.4. The molecule has 1 aliphatic heterocycles. The van der Waals surface area contributed by atoms with E-state index in [0.29, 0.717) is 6.54 Å². The first-order valence-corrected chi connectivity index (χ1v) is 8.54. The number of ether oxygens (including phenoxy) is 1. The van der Waals surface area contributed by atoms with E-state index in [1.165, 1.54) is 5.56 Å². The van der Waals surface area contributed by atoms with E-state index >= 15 is 0 Å². The van der Waals surface area contributed by atoms with Crippen LogP contribution in [0.1, 0.15) is 22.7 Å². The molecule has 2 aromatic carbocycles. The van der Waals surface area contributed by atoms with Gasteiger partial charge in [0.15, 0.2) is 0 Å². The molecular formula is C20H24N2O3. The highest BCUT2D eigenvalue weighted by molar-refractivity contribution is 5.78. The molecule has 0 spiro atoms. The Balaban J connectivity index is 1.61. The Morgan fingerprint density at radius 3 is 2.80 bits per heavy atom. The molecule has 132 valence electrons. The fourth-order valence-electron chi connectivity index (χ4n) is 3.39. The summed E-state index contributed by atoms with van der Waals surface area (Å²) in [5.74, 6) is 0.715. The first-order valence-electron chi connectivity index (χ1n) is 8.54. The van der Waals surface area contributed by atoms with E-state index in [1.54, 1.807) is 7.11 Å². The molecule has 0 radical (unpaired) electrons. The Bertz CT molecular complexity index is 732. The highest BCUT2D eigenvalue weighted by atomic mass is 16.5. The molecule has 0 saturated heterocycles. The first-order chi connectivity index (χ1) is 12.2. The van der Waals surface area contributed by atoms with Crippen molar-refractivity contribution in [3.8, 4) is 5.75 Å². The number of rotatable bonds is 6. The zero-order valence-corrected chi connectivity index (χ0v) is 14.4. The third-order valence-electron chi connectivity index (χ3n) is 4.71. The average Bonchev–Trinajstić information content (AvgIpc) is 2.66. The molecule has 0 fully saturated rings. The van der Waals surface area contributed by atoms with Crippen LogP contribution in [0.3, 0.4) is 0 Å². The van der Waals surface area contributed by atoms with Crippen LogP contribution in [0.2, 0.25) is 0 Å². The van der Waals surface area contributed by atoms with Gasteiger partial charge in [-0.15, -0.1) is 0 Å². The Kier molecular flexibility index (Phi) is 5.68. The second-order valence-electron chi connectivity index (χ2n) is 6.21. The van der Waals surface area contributed by atoms with Gasteiger partial charge in [-0.25, -0.2) is 0 Å². The molecule has 1 atom stereocenters. The molecule has 1 heterocycles. The zero-order chi connectivity index (χ0) is 17.6. The summed E-state index contributed by atoms with van der Waals surface area (Å²) >= 11 is 0. The number of nitrogens with zero attached hydrogens (tertiary/aromatic N) is 1. The van der Waals surface area contributed by atoms with Crippen LogP contribution in [0.25, 0.3) is 0 Å². The van der Waals surface area contributed by atoms with Gasteiger partial charge in [0.2, 0.25) is 5.91 Å². The average molecular weight is 340 g/mol. The number of carbonyl (C=O) groups excluding carboxylic acids is 1. The van der Waals surface area contributed by atoms with Crippen molar-refractivity contribution in [1.29, 1.82) is 0 Å². The molecule has 0 aromatic heterocycles. The van der Waals surface area contributed by atoms with Crippen LogP contribution in [0.15, 0.2) is 48.5 Å². The van der Waals surface area contributed by atoms with Crippen LogP contribution in [-0.4, -0.2) is 42.7 Å². The minimum absolute atomic E-state index is 0.0107. The van der Waals surface area contributed by atoms with Crippen molar-refractivity contribution in [1.82, 2.24) is 10.2 Å². The fraction of sp³-hybridized carbons (Fsp3) is 0.350. The van der Waals surface area contributed by atoms with E-state index in [9.17, 15) is 9.90 Å². The number of benzene rings is 2. The van der Waals surface area contributed by atoms with Crippen molar-refractivity contribution in [2.24, 2.45) is 0 Å². The van der Waals surface area contributed by atoms with E-state index in [0.717, 1.165) is 29.8 Å². The van der Waals surface area contributed by atoms with Crippen LogP contribution in [-0.2, 0) is 17.8 Å². The molecule has 3 rings (SSSR count). The molecule has 5 nitrogen and oxygen atoms in total. The molecule has 2 N–H and O–H groups in total. The van der Waals surface area contributed by atoms with Crippen LogP contribution in [0.5, 0.6) is 5.75 Å². The monoisotopic (exact) mass is 340 g/mol. The first kappa shape index (κ1) is 17.5. The molecule has 5 heteroatoms. The number of hydrogen-bond donors (Lipinski definition) is 2. The van der Waals surface area contributed by atoms with Gasteiger partial charge in [0.05, 0.1) is 26.3 Å². The summed E-state index contributed by atoms with van der Waals surface area (Å²) in [4.78, 5) is 14.4. The van der Waals surface area contributed by atoms with Crippen LogP contribution < -0.4 is 10.1 Å². The number of amides is 1. The van der Waals surface area contributed by atoms with Crippen LogP contribution in [0, 0.1) is 0 Å². The third-order valence-corrected chi connectivity index (χ3v) is 4.71. The lowest BCUT2D eigenvalue weighted by Crippen LogP contribution is -2.43. The summed E-state index contributed by atoms with van der Waals surface area (Å²) in [7, 11) is 1.62. The third kappa shape index (κ3) is 4.00.